The smallest absolute Gasteiger partial charge is 0.191 e. The van der Waals surface area contributed by atoms with Crippen molar-refractivity contribution in [3.63, 3.8) is 0 Å². The lowest BCUT2D eigenvalue weighted by Gasteiger charge is -2.21. The van der Waals surface area contributed by atoms with Crippen LogP contribution in [-0.4, -0.2) is 33.3 Å². The van der Waals surface area contributed by atoms with E-state index in [-0.39, 0.29) is 12.1 Å². The number of tetrazole rings is 1. The fourth-order valence-electron chi connectivity index (χ4n) is 1.49. The molecule has 0 saturated heterocycles. The Balaban J connectivity index is 1.75. The van der Waals surface area contributed by atoms with Gasteiger partial charge in [-0.1, -0.05) is 5.21 Å². The molecule has 0 bridgehead atoms. The van der Waals surface area contributed by atoms with Crippen LogP contribution in [0.15, 0.2) is 12.3 Å². The van der Waals surface area contributed by atoms with Crippen LogP contribution in [0.5, 0.6) is 0 Å². The van der Waals surface area contributed by atoms with Gasteiger partial charge >= 0.3 is 0 Å². The van der Waals surface area contributed by atoms with Gasteiger partial charge in [0.1, 0.15) is 6.10 Å². The molecule has 6 heteroatoms. The van der Waals surface area contributed by atoms with Crippen molar-refractivity contribution in [3.05, 3.63) is 18.2 Å². The van der Waals surface area contributed by atoms with Gasteiger partial charge in [0.25, 0.3) is 0 Å². The molecule has 82 valence electrons. The molecule has 1 aromatic rings. The fraction of sp³-hybridized carbons (Fsp3) is 0.667. The Morgan fingerprint density at radius 3 is 3.33 bits per heavy atom. The van der Waals surface area contributed by atoms with E-state index in [1.165, 1.54) is 0 Å². The molecule has 0 fully saturated rings. The van der Waals surface area contributed by atoms with Crippen molar-refractivity contribution in [1.82, 2.24) is 25.9 Å². The summed E-state index contributed by atoms with van der Waals surface area (Å²) in [4.78, 5) is 0. The van der Waals surface area contributed by atoms with Crippen molar-refractivity contribution in [3.8, 4) is 0 Å². The molecule has 2 atom stereocenters. The predicted molar refractivity (Wildman–Crippen MR) is 53.8 cm³/mol. The molecule has 2 heterocycles. The van der Waals surface area contributed by atoms with Crippen LogP contribution in [0.2, 0.25) is 0 Å². The second kappa shape index (κ2) is 4.88. The van der Waals surface area contributed by atoms with E-state index in [1.54, 1.807) is 6.26 Å². The number of aromatic amines is 1. The first kappa shape index (κ1) is 10.1. The maximum absolute atomic E-state index is 5.44. The normalized spacial score (nSPS) is 22.3. The zero-order valence-electron chi connectivity index (χ0n) is 8.68. The predicted octanol–water partition coefficient (Wildman–Crippen LogP) is 0.543. The Morgan fingerprint density at radius 2 is 2.67 bits per heavy atom. The van der Waals surface area contributed by atoms with Gasteiger partial charge in [0, 0.05) is 6.54 Å². The topological polar surface area (TPSA) is 75.7 Å². The number of hydrogen-bond donors (Lipinski definition) is 2. The lowest BCUT2D eigenvalue weighted by molar-refractivity contribution is 0.119. The van der Waals surface area contributed by atoms with Gasteiger partial charge in [-0.2, -0.15) is 5.21 Å². The van der Waals surface area contributed by atoms with E-state index in [0.717, 1.165) is 19.4 Å². The Bertz CT molecular complexity index is 310. The van der Waals surface area contributed by atoms with E-state index < -0.39 is 0 Å². The number of ether oxygens (including phenoxy) is 1. The average molecular weight is 209 g/mol. The third kappa shape index (κ3) is 2.76. The van der Waals surface area contributed by atoms with E-state index in [4.69, 9.17) is 4.74 Å². The van der Waals surface area contributed by atoms with Crippen molar-refractivity contribution in [2.75, 3.05) is 6.54 Å². The summed E-state index contributed by atoms with van der Waals surface area (Å²) in [7, 11) is 0. The van der Waals surface area contributed by atoms with E-state index in [2.05, 4.69) is 25.9 Å². The molecule has 0 amide bonds. The number of rotatable bonds is 4. The highest BCUT2D eigenvalue weighted by atomic mass is 16.5. The fourth-order valence-corrected chi connectivity index (χ4v) is 1.49. The van der Waals surface area contributed by atoms with Gasteiger partial charge in [-0.05, 0) is 25.8 Å². The van der Waals surface area contributed by atoms with E-state index in [1.807, 2.05) is 13.0 Å². The minimum atomic E-state index is 0.0956. The Labute approximate surface area is 88.1 Å². The number of allylic oxidation sites excluding steroid dienone is 1. The highest BCUT2D eigenvalue weighted by Gasteiger charge is 2.14. The van der Waals surface area contributed by atoms with Gasteiger partial charge in [0.2, 0.25) is 0 Å². The minimum absolute atomic E-state index is 0.0956. The molecular formula is C9H15N5O. The first-order valence-corrected chi connectivity index (χ1v) is 5.13. The minimum Gasteiger partial charge on any atom is -0.497 e. The van der Waals surface area contributed by atoms with E-state index in [9.17, 15) is 0 Å². The Kier molecular flexibility index (Phi) is 3.29. The quantitative estimate of drug-likeness (QED) is 0.757. The van der Waals surface area contributed by atoms with Crippen molar-refractivity contribution in [1.29, 1.82) is 0 Å². The SMILES string of the molecule is CC(NCC1CCC=CO1)c1nn[nH]n1. The summed E-state index contributed by atoms with van der Waals surface area (Å²) >= 11 is 0. The van der Waals surface area contributed by atoms with Crippen LogP contribution in [0.3, 0.4) is 0 Å². The Hall–Kier alpha value is -1.43. The van der Waals surface area contributed by atoms with Crippen molar-refractivity contribution in [2.45, 2.75) is 31.9 Å². The van der Waals surface area contributed by atoms with Crippen LogP contribution in [-0.2, 0) is 4.74 Å². The molecule has 0 aliphatic carbocycles. The van der Waals surface area contributed by atoms with Crippen molar-refractivity contribution < 1.29 is 4.74 Å². The highest BCUT2D eigenvalue weighted by Crippen LogP contribution is 2.11. The van der Waals surface area contributed by atoms with Gasteiger partial charge in [-0.15, -0.1) is 10.2 Å². The molecule has 1 aromatic heterocycles. The molecule has 2 rings (SSSR count). The summed E-state index contributed by atoms with van der Waals surface area (Å²) in [6.45, 7) is 2.81. The third-order valence-electron chi connectivity index (χ3n) is 2.42. The summed E-state index contributed by atoms with van der Waals surface area (Å²) < 4.78 is 5.44. The standard InChI is InChI=1S/C9H15N5O/c1-7(9-11-13-14-12-9)10-6-8-4-2-3-5-15-8/h3,5,7-8,10H,2,4,6H2,1H3,(H,11,12,13,14). The second-order valence-electron chi connectivity index (χ2n) is 3.61. The average Bonchev–Trinajstić information content (AvgIpc) is 2.81. The Morgan fingerprint density at radius 1 is 1.73 bits per heavy atom. The molecule has 1 aliphatic heterocycles. The van der Waals surface area contributed by atoms with Crippen molar-refractivity contribution >= 4 is 0 Å². The first-order valence-electron chi connectivity index (χ1n) is 5.13. The summed E-state index contributed by atoms with van der Waals surface area (Å²) in [6.07, 6.45) is 6.21. The number of H-pyrrole nitrogens is 1. The van der Waals surface area contributed by atoms with Crippen LogP contribution < -0.4 is 5.32 Å². The number of aromatic nitrogens is 4. The monoisotopic (exact) mass is 209 g/mol. The molecule has 0 spiro atoms. The largest absolute Gasteiger partial charge is 0.497 e. The summed E-state index contributed by atoms with van der Waals surface area (Å²) in [5.41, 5.74) is 0. The van der Waals surface area contributed by atoms with Crippen LogP contribution in [0, 0.1) is 0 Å². The summed E-state index contributed by atoms with van der Waals surface area (Å²) in [5, 5.41) is 17.1. The molecule has 1 aliphatic rings. The van der Waals surface area contributed by atoms with Gasteiger partial charge in [-0.25, -0.2) is 0 Å². The van der Waals surface area contributed by atoms with Crippen LogP contribution in [0.25, 0.3) is 0 Å². The second-order valence-corrected chi connectivity index (χ2v) is 3.61. The highest BCUT2D eigenvalue weighted by molar-refractivity contribution is 4.88. The lowest BCUT2D eigenvalue weighted by Crippen LogP contribution is -2.31. The van der Waals surface area contributed by atoms with E-state index in [0.29, 0.717) is 5.82 Å². The van der Waals surface area contributed by atoms with Crippen LogP contribution in [0.1, 0.15) is 31.6 Å². The first-order chi connectivity index (χ1) is 7.36. The van der Waals surface area contributed by atoms with Gasteiger partial charge in [0.15, 0.2) is 5.82 Å². The zero-order valence-corrected chi connectivity index (χ0v) is 8.68. The molecule has 0 radical (unpaired) electrons. The molecule has 2 N–H and O–H groups in total. The van der Waals surface area contributed by atoms with Gasteiger partial charge in [-0.3, -0.25) is 0 Å². The van der Waals surface area contributed by atoms with Crippen molar-refractivity contribution in [2.24, 2.45) is 0 Å². The van der Waals surface area contributed by atoms with Gasteiger partial charge < -0.3 is 10.1 Å². The third-order valence-corrected chi connectivity index (χ3v) is 2.42. The maximum atomic E-state index is 5.44. The van der Waals surface area contributed by atoms with E-state index >= 15 is 0 Å². The van der Waals surface area contributed by atoms with Gasteiger partial charge in [0.05, 0.1) is 12.3 Å². The molecule has 6 nitrogen and oxygen atoms in total. The summed E-state index contributed by atoms with van der Waals surface area (Å²) in [5.74, 6) is 0.682. The number of nitrogens with one attached hydrogen (secondary N) is 2. The number of nitrogens with zero attached hydrogens (tertiary/aromatic N) is 3. The van der Waals surface area contributed by atoms with Crippen LogP contribution >= 0.6 is 0 Å². The zero-order chi connectivity index (χ0) is 10.5. The van der Waals surface area contributed by atoms with Crippen LogP contribution in [0.4, 0.5) is 0 Å². The maximum Gasteiger partial charge on any atom is 0.191 e. The summed E-state index contributed by atoms with van der Waals surface area (Å²) in [6, 6.07) is 0.0956. The molecule has 15 heavy (non-hydrogen) atoms. The molecular weight excluding hydrogens is 194 g/mol. The lowest BCUT2D eigenvalue weighted by atomic mass is 10.1. The molecule has 2 unspecified atom stereocenters. The molecule has 0 saturated carbocycles. The number of hydrogen-bond acceptors (Lipinski definition) is 5. The molecule has 0 aromatic carbocycles.